The summed E-state index contributed by atoms with van der Waals surface area (Å²) in [6.45, 7) is 12.8. The number of halogens is 1. The molecule has 1 N–H and O–H groups in total. The predicted molar refractivity (Wildman–Crippen MR) is 102 cm³/mol. The number of nitrogens with zero attached hydrogens (tertiary/aromatic N) is 3. The molecular formula is C15H27IN4S. The molecule has 120 valence electrons. The van der Waals surface area contributed by atoms with Crippen LogP contribution in [0, 0.1) is 12.3 Å². The fraction of sp³-hybridized carbons (Fsp3) is 0.733. The molecule has 0 aliphatic carbocycles. The van der Waals surface area contributed by atoms with Gasteiger partial charge in [-0.2, -0.15) is 0 Å². The summed E-state index contributed by atoms with van der Waals surface area (Å²) in [4.78, 5) is 11.6. The molecule has 0 bridgehead atoms. The van der Waals surface area contributed by atoms with Gasteiger partial charge in [0, 0.05) is 38.0 Å². The van der Waals surface area contributed by atoms with Crippen molar-refractivity contribution in [1.29, 1.82) is 0 Å². The smallest absolute Gasteiger partial charge is 0.193 e. The third-order valence-electron chi connectivity index (χ3n) is 3.61. The third kappa shape index (κ3) is 5.73. The van der Waals surface area contributed by atoms with Gasteiger partial charge in [0.15, 0.2) is 5.96 Å². The summed E-state index contributed by atoms with van der Waals surface area (Å²) in [6.07, 6.45) is 2.17. The Morgan fingerprint density at radius 1 is 1.52 bits per heavy atom. The Hall–Kier alpha value is -0.370. The minimum Gasteiger partial charge on any atom is -0.357 e. The first kappa shape index (κ1) is 18.7. The van der Waals surface area contributed by atoms with Crippen molar-refractivity contribution in [2.24, 2.45) is 10.4 Å². The van der Waals surface area contributed by atoms with Gasteiger partial charge in [-0.05, 0) is 25.7 Å². The van der Waals surface area contributed by atoms with Crippen LogP contribution in [0.2, 0.25) is 0 Å². The Bertz CT molecular complexity index is 470. The Labute approximate surface area is 149 Å². The topological polar surface area (TPSA) is 40.5 Å². The largest absolute Gasteiger partial charge is 0.357 e. The molecule has 0 radical (unpaired) electrons. The highest BCUT2D eigenvalue weighted by molar-refractivity contribution is 14.0. The summed E-state index contributed by atoms with van der Waals surface area (Å²) in [6, 6.07) is 0. The molecule has 21 heavy (non-hydrogen) atoms. The van der Waals surface area contributed by atoms with E-state index in [1.807, 2.05) is 6.92 Å². The molecule has 1 aromatic rings. The number of nitrogens with one attached hydrogen (secondary N) is 1. The van der Waals surface area contributed by atoms with Crippen LogP contribution in [-0.4, -0.2) is 42.0 Å². The molecule has 1 saturated heterocycles. The second-order valence-corrected chi connectivity index (χ2v) is 7.24. The highest BCUT2D eigenvalue weighted by Gasteiger charge is 2.30. The molecule has 0 unspecified atom stereocenters. The van der Waals surface area contributed by atoms with Gasteiger partial charge in [-0.15, -0.1) is 35.3 Å². The Kier molecular flexibility index (Phi) is 7.39. The van der Waals surface area contributed by atoms with Crippen LogP contribution in [0.3, 0.4) is 0 Å². The molecule has 6 heteroatoms. The van der Waals surface area contributed by atoms with E-state index < -0.39 is 0 Å². The average Bonchev–Trinajstić information content (AvgIpc) is 2.94. The molecule has 2 rings (SSSR count). The van der Waals surface area contributed by atoms with Gasteiger partial charge in [0.1, 0.15) is 0 Å². The van der Waals surface area contributed by atoms with E-state index in [4.69, 9.17) is 4.99 Å². The van der Waals surface area contributed by atoms with E-state index in [0.29, 0.717) is 5.41 Å². The number of guanidine groups is 1. The van der Waals surface area contributed by atoms with Gasteiger partial charge < -0.3 is 10.2 Å². The van der Waals surface area contributed by atoms with Crippen molar-refractivity contribution < 1.29 is 0 Å². The first-order valence-corrected chi connectivity index (χ1v) is 8.32. The molecule has 1 aliphatic rings. The van der Waals surface area contributed by atoms with Gasteiger partial charge in [-0.3, -0.25) is 4.99 Å². The molecule has 0 atom stereocenters. The van der Waals surface area contributed by atoms with E-state index in [2.05, 4.69) is 41.4 Å². The third-order valence-corrected chi connectivity index (χ3v) is 4.43. The van der Waals surface area contributed by atoms with E-state index in [-0.39, 0.29) is 24.0 Å². The van der Waals surface area contributed by atoms with Crippen LogP contribution < -0.4 is 5.32 Å². The summed E-state index contributed by atoms with van der Waals surface area (Å²) < 4.78 is 0. The van der Waals surface area contributed by atoms with Gasteiger partial charge in [0.2, 0.25) is 0 Å². The van der Waals surface area contributed by atoms with Crippen LogP contribution in [0.15, 0.2) is 10.4 Å². The maximum atomic E-state index is 4.76. The number of hydrogen-bond donors (Lipinski definition) is 1. The number of aromatic nitrogens is 1. The SMILES string of the molecule is CCNC(=NCCc1csc(C)n1)N1CCC(C)(C)C1.I. The van der Waals surface area contributed by atoms with Crippen molar-refractivity contribution >= 4 is 41.3 Å². The number of hydrogen-bond acceptors (Lipinski definition) is 3. The molecule has 1 aliphatic heterocycles. The fourth-order valence-corrected chi connectivity index (χ4v) is 3.17. The summed E-state index contributed by atoms with van der Waals surface area (Å²) >= 11 is 1.71. The molecule has 0 saturated carbocycles. The number of likely N-dealkylation sites (tertiary alicyclic amines) is 1. The van der Waals surface area contributed by atoms with E-state index in [0.717, 1.165) is 49.3 Å². The maximum Gasteiger partial charge on any atom is 0.193 e. The second-order valence-electron chi connectivity index (χ2n) is 6.18. The van der Waals surface area contributed by atoms with Gasteiger partial charge in [-0.25, -0.2) is 4.98 Å². The highest BCUT2D eigenvalue weighted by Crippen LogP contribution is 2.28. The minimum absolute atomic E-state index is 0. The molecule has 0 amide bonds. The van der Waals surface area contributed by atoms with E-state index in [9.17, 15) is 0 Å². The monoisotopic (exact) mass is 422 g/mol. The van der Waals surface area contributed by atoms with Crippen molar-refractivity contribution in [1.82, 2.24) is 15.2 Å². The zero-order chi connectivity index (χ0) is 14.6. The molecular weight excluding hydrogens is 395 g/mol. The highest BCUT2D eigenvalue weighted by atomic mass is 127. The summed E-state index contributed by atoms with van der Waals surface area (Å²) in [5.74, 6) is 1.06. The van der Waals surface area contributed by atoms with Gasteiger partial charge in [-0.1, -0.05) is 13.8 Å². The molecule has 1 fully saturated rings. The standard InChI is InChI=1S/C15H26N4S.HI/c1-5-16-14(19-9-7-15(3,4)11-19)17-8-6-13-10-20-12(2)18-13;/h10H,5-9,11H2,1-4H3,(H,16,17);1H. The van der Waals surface area contributed by atoms with Crippen molar-refractivity contribution in [3.05, 3.63) is 16.1 Å². The predicted octanol–water partition coefficient (Wildman–Crippen LogP) is 3.31. The quantitative estimate of drug-likeness (QED) is 0.460. The maximum absolute atomic E-state index is 4.76. The van der Waals surface area contributed by atoms with Gasteiger partial charge in [0.05, 0.1) is 10.7 Å². The van der Waals surface area contributed by atoms with Crippen molar-refractivity contribution in [2.75, 3.05) is 26.2 Å². The zero-order valence-corrected chi connectivity index (χ0v) is 16.6. The molecule has 0 spiro atoms. The van der Waals surface area contributed by atoms with E-state index in [1.54, 1.807) is 11.3 Å². The molecule has 2 heterocycles. The van der Waals surface area contributed by atoms with E-state index >= 15 is 0 Å². The Morgan fingerprint density at radius 3 is 2.81 bits per heavy atom. The van der Waals surface area contributed by atoms with Crippen LogP contribution >= 0.6 is 35.3 Å². The molecule has 0 aromatic carbocycles. The zero-order valence-electron chi connectivity index (χ0n) is 13.5. The van der Waals surface area contributed by atoms with Gasteiger partial charge in [0.25, 0.3) is 0 Å². The van der Waals surface area contributed by atoms with Gasteiger partial charge >= 0.3 is 0 Å². The Morgan fingerprint density at radius 2 is 2.29 bits per heavy atom. The van der Waals surface area contributed by atoms with Crippen LogP contribution in [-0.2, 0) is 6.42 Å². The first-order valence-electron chi connectivity index (χ1n) is 7.44. The minimum atomic E-state index is 0. The lowest BCUT2D eigenvalue weighted by atomic mass is 9.93. The molecule has 1 aromatic heterocycles. The summed E-state index contributed by atoms with van der Waals surface area (Å²) in [5.41, 5.74) is 1.57. The summed E-state index contributed by atoms with van der Waals surface area (Å²) in [7, 11) is 0. The van der Waals surface area contributed by atoms with Crippen LogP contribution in [0.1, 0.15) is 37.9 Å². The van der Waals surface area contributed by atoms with Crippen molar-refractivity contribution in [2.45, 2.75) is 40.5 Å². The number of aliphatic imine (C=N–C) groups is 1. The Balaban J connectivity index is 0.00000220. The second kappa shape index (κ2) is 8.31. The number of rotatable bonds is 4. The van der Waals surface area contributed by atoms with Crippen molar-refractivity contribution in [3.8, 4) is 0 Å². The summed E-state index contributed by atoms with van der Waals surface area (Å²) in [5, 5.41) is 6.68. The number of thiazole rings is 1. The first-order chi connectivity index (χ1) is 9.50. The molecule has 4 nitrogen and oxygen atoms in total. The van der Waals surface area contributed by atoms with E-state index in [1.165, 1.54) is 6.42 Å². The van der Waals surface area contributed by atoms with Crippen molar-refractivity contribution in [3.63, 3.8) is 0 Å². The fourth-order valence-electron chi connectivity index (χ4n) is 2.52. The van der Waals surface area contributed by atoms with Crippen LogP contribution in [0.25, 0.3) is 0 Å². The normalized spacial score (nSPS) is 17.7. The number of aryl methyl sites for hydroxylation is 1. The van der Waals surface area contributed by atoms with Crippen LogP contribution in [0.4, 0.5) is 0 Å². The average molecular weight is 422 g/mol. The van der Waals surface area contributed by atoms with Crippen LogP contribution in [0.5, 0.6) is 0 Å². The lowest BCUT2D eigenvalue weighted by molar-refractivity contribution is 0.370. The lowest BCUT2D eigenvalue weighted by Crippen LogP contribution is -2.40. The lowest BCUT2D eigenvalue weighted by Gasteiger charge is -2.23.